The standard InChI is InChI=1S/C8H10N4O/c13-8(12-11-7-1-2-7)6-3-9-5-10-4-6/h3-5,7,11H,1-2H2,(H,12,13). The van der Waals surface area contributed by atoms with Crippen LogP contribution in [0.15, 0.2) is 18.7 Å². The van der Waals surface area contributed by atoms with Crippen molar-refractivity contribution in [1.82, 2.24) is 20.8 Å². The lowest BCUT2D eigenvalue weighted by Crippen LogP contribution is -2.38. The Kier molecular flexibility index (Phi) is 2.18. The van der Waals surface area contributed by atoms with Crippen LogP contribution in [0, 0.1) is 0 Å². The quantitative estimate of drug-likeness (QED) is 0.633. The van der Waals surface area contributed by atoms with Crippen LogP contribution in [-0.4, -0.2) is 21.9 Å². The van der Waals surface area contributed by atoms with E-state index in [1.165, 1.54) is 18.7 Å². The monoisotopic (exact) mass is 178 g/mol. The van der Waals surface area contributed by atoms with Crippen molar-refractivity contribution in [2.24, 2.45) is 0 Å². The lowest BCUT2D eigenvalue weighted by molar-refractivity contribution is 0.0931. The summed E-state index contributed by atoms with van der Waals surface area (Å²) in [5, 5.41) is 0. The smallest absolute Gasteiger partial charge is 0.268 e. The summed E-state index contributed by atoms with van der Waals surface area (Å²) >= 11 is 0. The van der Waals surface area contributed by atoms with E-state index in [2.05, 4.69) is 20.8 Å². The predicted octanol–water partition coefficient (Wildman–Crippen LogP) is -0.127. The zero-order valence-corrected chi connectivity index (χ0v) is 7.03. The molecule has 1 saturated carbocycles. The minimum atomic E-state index is -0.187. The summed E-state index contributed by atoms with van der Waals surface area (Å²) in [5.41, 5.74) is 5.96. The summed E-state index contributed by atoms with van der Waals surface area (Å²) in [7, 11) is 0. The van der Waals surface area contributed by atoms with Crippen molar-refractivity contribution in [2.45, 2.75) is 18.9 Å². The van der Waals surface area contributed by atoms with Gasteiger partial charge in [0.2, 0.25) is 0 Å². The van der Waals surface area contributed by atoms with Gasteiger partial charge in [-0.1, -0.05) is 0 Å². The molecule has 2 rings (SSSR count). The van der Waals surface area contributed by atoms with Crippen LogP contribution < -0.4 is 10.9 Å². The van der Waals surface area contributed by atoms with Crippen molar-refractivity contribution in [2.75, 3.05) is 0 Å². The largest absolute Gasteiger partial charge is 0.287 e. The molecule has 0 aromatic carbocycles. The second-order valence-electron chi connectivity index (χ2n) is 3.00. The molecule has 68 valence electrons. The summed E-state index contributed by atoms with van der Waals surface area (Å²) in [4.78, 5) is 18.8. The lowest BCUT2D eigenvalue weighted by Gasteiger charge is -2.03. The number of nitrogens with one attached hydrogen (secondary N) is 2. The van der Waals surface area contributed by atoms with Gasteiger partial charge >= 0.3 is 0 Å². The third-order valence-electron chi connectivity index (χ3n) is 1.79. The normalized spacial score (nSPS) is 15.4. The topological polar surface area (TPSA) is 66.9 Å². The van der Waals surface area contributed by atoms with Gasteiger partial charge in [-0.3, -0.25) is 10.2 Å². The molecule has 0 saturated heterocycles. The molecule has 1 amide bonds. The number of aromatic nitrogens is 2. The minimum Gasteiger partial charge on any atom is -0.287 e. The molecule has 1 aromatic rings. The Morgan fingerprint density at radius 2 is 2.08 bits per heavy atom. The van der Waals surface area contributed by atoms with Crippen LogP contribution >= 0.6 is 0 Å². The van der Waals surface area contributed by atoms with E-state index in [0.717, 1.165) is 12.8 Å². The van der Waals surface area contributed by atoms with Crippen LogP contribution in [0.5, 0.6) is 0 Å². The fourth-order valence-corrected chi connectivity index (χ4v) is 0.884. The van der Waals surface area contributed by atoms with Gasteiger partial charge in [0, 0.05) is 18.4 Å². The van der Waals surface area contributed by atoms with Crippen molar-refractivity contribution in [3.05, 3.63) is 24.3 Å². The molecule has 0 radical (unpaired) electrons. The van der Waals surface area contributed by atoms with Crippen LogP contribution in [0.2, 0.25) is 0 Å². The summed E-state index contributed by atoms with van der Waals surface area (Å²) in [5.74, 6) is -0.187. The van der Waals surface area contributed by atoms with E-state index in [0.29, 0.717) is 11.6 Å². The summed E-state index contributed by atoms with van der Waals surface area (Å²) in [6.45, 7) is 0. The number of amides is 1. The first-order valence-corrected chi connectivity index (χ1v) is 4.17. The summed E-state index contributed by atoms with van der Waals surface area (Å²) in [6, 6.07) is 0.452. The number of nitrogens with zero attached hydrogens (tertiary/aromatic N) is 2. The molecule has 5 heteroatoms. The Morgan fingerprint density at radius 3 is 2.69 bits per heavy atom. The van der Waals surface area contributed by atoms with Crippen LogP contribution in [0.4, 0.5) is 0 Å². The maximum Gasteiger partial charge on any atom is 0.268 e. The SMILES string of the molecule is O=C(NNC1CC1)c1cncnc1. The van der Waals surface area contributed by atoms with E-state index in [4.69, 9.17) is 0 Å². The van der Waals surface area contributed by atoms with Crippen molar-refractivity contribution in [1.29, 1.82) is 0 Å². The van der Waals surface area contributed by atoms with Gasteiger partial charge in [-0.2, -0.15) is 0 Å². The summed E-state index contributed by atoms with van der Waals surface area (Å²) in [6.07, 6.45) is 6.62. The van der Waals surface area contributed by atoms with Crippen molar-refractivity contribution in [3.63, 3.8) is 0 Å². The van der Waals surface area contributed by atoms with Gasteiger partial charge in [-0.25, -0.2) is 15.4 Å². The average molecular weight is 178 g/mol. The maximum absolute atomic E-state index is 11.3. The summed E-state index contributed by atoms with van der Waals surface area (Å²) < 4.78 is 0. The number of hydrazine groups is 1. The number of rotatable bonds is 3. The first kappa shape index (κ1) is 8.12. The number of carbonyl (C=O) groups excluding carboxylic acids is 1. The van der Waals surface area contributed by atoms with Gasteiger partial charge in [0.15, 0.2) is 0 Å². The zero-order chi connectivity index (χ0) is 9.10. The van der Waals surface area contributed by atoms with Crippen LogP contribution in [-0.2, 0) is 0 Å². The van der Waals surface area contributed by atoms with Crippen molar-refractivity contribution < 1.29 is 4.79 Å². The van der Waals surface area contributed by atoms with E-state index in [-0.39, 0.29) is 5.91 Å². The van der Waals surface area contributed by atoms with Crippen molar-refractivity contribution >= 4 is 5.91 Å². The minimum absolute atomic E-state index is 0.187. The third kappa shape index (κ3) is 2.22. The molecule has 13 heavy (non-hydrogen) atoms. The maximum atomic E-state index is 11.3. The van der Waals surface area contributed by atoms with E-state index in [1.54, 1.807) is 0 Å². The molecule has 2 N–H and O–H groups in total. The molecule has 0 spiro atoms. The van der Waals surface area contributed by atoms with Gasteiger partial charge < -0.3 is 0 Å². The zero-order valence-electron chi connectivity index (χ0n) is 7.03. The first-order chi connectivity index (χ1) is 6.36. The molecule has 1 fully saturated rings. The molecule has 5 nitrogen and oxygen atoms in total. The number of hydrogen-bond acceptors (Lipinski definition) is 4. The van der Waals surface area contributed by atoms with Crippen LogP contribution in [0.25, 0.3) is 0 Å². The first-order valence-electron chi connectivity index (χ1n) is 4.17. The Balaban J connectivity index is 1.89. The molecule has 0 aliphatic heterocycles. The van der Waals surface area contributed by atoms with Gasteiger partial charge in [0.25, 0.3) is 5.91 Å². The van der Waals surface area contributed by atoms with Gasteiger partial charge in [-0.15, -0.1) is 0 Å². The highest BCUT2D eigenvalue weighted by Gasteiger charge is 2.21. The fraction of sp³-hybridized carbons (Fsp3) is 0.375. The van der Waals surface area contributed by atoms with E-state index >= 15 is 0 Å². The van der Waals surface area contributed by atoms with Gasteiger partial charge in [0.1, 0.15) is 6.33 Å². The predicted molar refractivity (Wildman–Crippen MR) is 45.7 cm³/mol. The molecular weight excluding hydrogens is 168 g/mol. The molecule has 0 unspecified atom stereocenters. The molecule has 0 atom stereocenters. The number of carbonyl (C=O) groups is 1. The molecular formula is C8H10N4O. The number of hydrogen-bond donors (Lipinski definition) is 2. The fourth-order valence-electron chi connectivity index (χ4n) is 0.884. The lowest BCUT2D eigenvalue weighted by atomic mass is 10.3. The third-order valence-corrected chi connectivity index (χ3v) is 1.79. The molecule has 1 aromatic heterocycles. The highest BCUT2D eigenvalue weighted by molar-refractivity contribution is 5.93. The van der Waals surface area contributed by atoms with Crippen LogP contribution in [0.3, 0.4) is 0 Å². The second-order valence-corrected chi connectivity index (χ2v) is 3.00. The Morgan fingerprint density at radius 1 is 1.38 bits per heavy atom. The van der Waals surface area contributed by atoms with Crippen molar-refractivity contribution in [3.8, 4) is 0 Å². The second kappa shape index (κ2) is 3.49. The van der Waals surface area contributed by atoms with Gasteiger partial charge in [0.05, 0.1) is 5.56 Å². The van der Waals surface area contributed by atoms with E-state index < -0.39 is 0 Å². The highest BCUT2D eigenvalue weighted by atomic mass is 16.2. The Bertz CT molecular complexity index is 296. The molecule has 0 bridgehead atoms. The van der Waals surface area contributed by atoms with Crippen LogP contribution in [0.1, 0.15) is 23.2 Å². The molecule has 1 heterocycles. The van der Waals surface area contributed by atoms with Gasteiger partial charge in [-0.05, 0) is 12.8 Å². The highest BCUT2D eigenvalue weighted by Crippen LogP contribution is 2.17. The molecule has 1 aliphatic rings. The van der Waals surface area contributed by atoms with E-state index in [9.17, 15) is 4.79 Å². The van der Waals surface area contributed by atoms with E-state index in [1.807, 2.05) is 0 Å². The molecule has 1 aliphatic carbocycles. The average Bonchev–Trinajstić information content (AvgIpc) is 2.99. The Hall–Kier alpha value is -1.49. The Labute approximate surface area is 75.6 Å².